The van der Waals surface area contributed by atoms with E-state index < -0.39 is 0 Å². The van der Waals surface area contributed by atoms with E-state index in [2.05, 4.69) is 10.2 Å². The summed E-state index contributed by atoms with van der Waals surface area (Å²) in [7, 11) is 1.86. The second kappa shape index (κ2) is 4.58. The van der Waals surface area contributed by atoms with Crippen molar-refractivity contribution in [1.82, 2.24) is 19.6 Å². The molecule has 2 aromatic rings. The highest BCUT2D eigenvalue weighted by molar-refractivity contribution is 6.32. The average molecular weight is 274 g/mol. The number of nitrogen functional groups attached to an aromatic ring is 1. The molecule has 0 aromatic carbocycles. The Balaban J connectivity index is 2.32. The van der Waals surface area contributed by atoms with Crippen LogP contribution in [0.3, 0.4) is 0 Å². The molecule has 0 amide bonds. The number of hydrogen-bond acceptors (Lipinski definition) is 3. The largest absolute Gasteiger partial charge is 0.381 e. The Kier molecular flexibility index (Phi) is 3.31. The van der Waals surface area contributed by atoms with Crippen molar-refractivity contribution in [3.63, 3.8) is 0 Å². The lowest BCUT2D eigenvalue weighted by molar-refractivity contribution is 0.619. The molecule has 0 atom stereocenters. The number of nitrogens with two attached hydrogens (primary N) is 1. The fraction of sp³-hybridized carbons (Fsp3) is 0.400. The van der Waals surface area contributed by atoms with Crippen molar-refractivity contribution < 1.29 is 0 Å². The predicted molar refractivity (Wildman–Crippen MR) is 68.3 cm³/mol. The number of nitrogens with zero attached hydrogens (tertiary/aromatic N) is 4. The van der Waals surface area contributed by atoms with E-state index in [1.54, 1.807) is 15.6 Å². The number of aromatic nitrogens is 4. The highest BCUT2D eigenvalue weighted by atomic mass is 35.5. The molecule has 0 saturated carbocycles. The van der Waals surface area contributed by atoms with E-state index in [-0.39, 0.29) is 0 Å². The Morgan fingerprint density at radius 2 is 2.06 bits per heavy atom. The van der Waals surface area contributed by atoms with Crippen LogP contribution in [0.2, 0.25) is 10.0 Å². The lowest BCUT2D eigenvalue weighted by atomic mass is 10.3. The zero-order valence-corrected chi connectivity index (χ0v) is 11.1. The molecule has 0 bridgehead atoms. The minimum absolute atomic E-state index is 0.320. The Morgan fingerprint density at radius 3 is 2.53 bits per heavy atom. The zero-order valence-electron chi connectivity index (χ0n) is 9.61. The molecule has 0 aliphatic rings. The second-order valence-electron chi connectivity index (χ2n) is 3.74. The summed E-state index contributed by atoms with van der Waals surface area (Å²) >= 11 is 12.1. The number of hydrogen-bond donors (Lipinski definition) is 1. The first-order chi connectivity index (χ1) is 8.02. The first-order valence-electron chi connectivity index (χ1n) is 5.21. The summed E-state index contributed by atoms with van der Waals surface area (Å²) in [5, 5.41) is 9.54. The molecule has 0 aliphatic heterocycles. The van der Waals surface area contributed by atoms with Crippen LogP contribution in [-0.2, 0) is 20.0 Å². The van der Waals surface area contributed by atoms with E-state index in [1.807, 2.05) is 14.0 Å². The first kappa shape index (κ1) is 12.3. The fourth-order valence-corrected chi connectivity index (χ4v) is 2.14. The standard InChI is InChI=1S/C10H13Cl2N5/c1-3-7-9(12)8(16(2)14-7)5-17-4-6(11)10(13)15-17/h4H,3,5H2,1-2H3,(H2,13,15). The maximum atomic E-state index is 6.24. The topological polar surface area (TPSA) is 61.7 Å². The summed E-state index contributed by atoms with van der Waals surface area (Å²) in [6.45, 7) is 2.51. The lowest BCUT2D eigenvalue weighted by Crippen LogP contribution is -2.06. The van der Waals surface area contributed by atoms with Crippen LogP contribution in [0, 0.1) is 0 Å². The van der Waals surface area contributed by atoms with E-state index in [9.17, 15) is 0 Å². The SMILES string of the molecule is CCc1nn(C)c(Cn2cc(Cl)c(N)n2)c1Cl. The highest BCUT2D eigenvalue weighted by Gasteiger charge is 2.14. The third kappa shape index (κ3) is 2.25. The molecule has 2 N–H and O–H groups in total. The maximum Gasteiger partial charge on any atom is 0.164 e. The molecular weight excluding hydrogens is 261 g/mol. The van der Waals surface area contributed by atoms with Crippen LogP contribution in [0.5, 0.6) is 0 Å². The molecular formula is C10H13Cl2N5. The van der Waals surface area contributed by atoms with E-state index in [0.29, 0.717) is 22.4 Å². The molecule has 7 heteroatoms. The van der Waals surface area contributed by atoms with Crippen LogP contribution in [0.25, 0.3) is 0 Å². The van der Waals surface area contributed by atoms with Crippen LogP contribution in [0.1, 0.15) is 18.3 Å². The van der Waals surface area contributed by atoms with E-state index >= 15 is 0 Å². The monoisotopic (exact) mass is 273 g/mol. The van der Waals surface area contributed by atoms with Crippen LogP contribution in [0.15, 0.2) is 6.20 Å². The molecule has 0 radical (unpaired) electrons. The number of aryl methyl sites for hydroxylation is 2. The van der Waals surface area contributed by atoms with Gasteiger partial charge >= 0.3 is 0 Å². The molecule has 0 spiro atoms. The summed E-state index contributed by atoms with van der Waals surface area (Å²) in [6.07, 6.45) is 2.47. The molecule has 2 aromatic heterocycles. The predicted octanol–water partition coefficient (Wildman–Crippen LogP) is 2.12. The van der Waals surface area contributed by atoms with Gasteiger partial charge in [0.25, 0.3) is 0 Å². The molecule has 0 fully saturated rings. The van der Waals surface area contributed by atoms with Gasteiger partial charge in [0.15, 0.2) is 5.82 Å². The Bertz CT molecular complexity index is 524. The normalized spacial score (nSPS) is 11.1. The third-order valence-electron chi connectivity index (χ3n) is 2.56. The Morgan fingerprint density at radius 1 is 1.35 bits per heavy atom. The summed E-state index contributed by atoms with van der Waals surface area (Å²) in [6, 6.07) is 0. The molecule has 0 saturated heterocycles. The van der Waals surface area contributed by atoms with Gasteiger partial charge in [0.05, 0.1) is 23.0 Å². The van der Waals surface area contributed by atoms with Crippen molar-refractivity contribution in [3.8, 4) is 0 Å². The molecule has 92 valence electrons. The number of halogens is 2. The average Bonchev–Trinajstić information content (AvgIpc) is 2.73. The zero-order chi connectivity index (χ0) is 12.6. The Hall–Kier alpha value is -1.20. The molecule has 17 heavy (non-hydrogen) atoms. The Labute approximate surface area is 109 Å². The summed E-state index contributed by atoms with van der Waals surface area (Å²) in [5.74, 6) is 0.320. The van der Waals surface area contributed by atoms with Crippen molar-refractivity contribution in [2.24, 2.45) is 7.05 Å². The smallest absolute Gasteiger partial charge is 0.164 e. The third-order valence-corrected chi connectivity index (χ3v) is 3.29. The van der Waals surface area contributed by atoms with Gasteiger partial charge in [0.2, 0.25) is 0 Å². The second-order valence-corrected chi connectivity index (χ2v) is 4.53. The van der Waals surface area contributed by atoms with Crippen molar-refractivity contribution in [1.29, 1.82) is 0 Å². The minimum atomic E-state index is 0.320. The van der Waals surface area contributed by atoms with Gasteiger partial charge in [-0.05, 0) is 6.42 Å². The summed E-state index contributed by atoms with van der Waals surface area (Å²) in [4.78, 5) is 0. The van der Waals surface area contributed by atoms with Gasteiger partial charge in [-0.1, -0.05) is 30.1 Å². The molecule has 5 nitrogen and oxygen atoms in total. The molecule has 0 unspecified atom stereocenters. The fourth-order valence-electron chi connectivity index (χ4n) is 1.64. The maximum absolute atomic E-state index is 6.24. The van der Waals surface area contributed by atoms with Crippen molar-refractivity contribution in [2.45, 2.75) is 19.9 Å². The van der Waals surface area contributed by atoms with E-state index in [4.69, 9.17) is 28.9 Å². The molecule has 2 rings (SSSR count). The van der Waals surface area contributed by atoms with Gasteiger partial charge < -0.3 is 5.73 Å². The van der Waals surface area contributed by atoms with Gasteiger partial charge in [0.1, 0.15) is 5.02 Å². The lowest BCUT2D eigenvalue weighted by Gasteiger charge is -2.02. The summed E-state index contributed by atoms with van der Waals surface area (Å²) in [5.41, 5.74) is 7.36. The summed E-state index contributed by atoms with van der Waals surface area (Å²) < 4.78 is 3.41. The molecule has 2 heterocycles. The van der Waals surface area contributed by atoms with Crippen LogP contribution < -0.4 is 5.73 Å². The highest BCUT2D eigenvalue weighted by Crippen LogP contribution is 2.23. The van der Waals surface area contributed by atoms with Crippen molar-refractivity contribution in [3.05, 3.63) is 27.6 Å². The number of anilines is 1. The first-order valence-corrected chi connectivity index (χ1v) is 5.97. The molecule has 0 aliphatic carbocycles. The van der Waals surface area contributed by atoms with Gasteiger partial charge in [0, 0.05) is 13.2 Å². The van der Waals surface area contributed by atoms with Crippen LogP contribution in [0.4, 0.5) is 5.82 Å². The van der Waals surface area contributed by atoms with Crippen LogP contribution in [-0.4, -0.2) is 19.6 Å². The quantitative estimate of drug-likeness (QED) is 0.932. The number of rotatable bonds is 3. The van der Waals surface area contributed by atoms with Gasteiger partial charge in [-0.3, -0.25) is 9.36 Å². The van der Waals surface area contributed by atoms with Crippen molar-refractivity contribution in [2.75, 3.05) is 5.73 Å². The minimum Gasteiger partial charge on any atom is -0.381 e. The van der Waals surface area contributed by atoms with Gasteiger partial charge in [-0.2, -0.15) is 10.2 Å². The van der Waals surface area contributed by atoms with Crippen LogP contribution >= 0.6 is 23.2 Å². The van der Waals surface area contributed by atoms with Crippen molar-refractivity contribution >= 4 is 29.0 Å². The van der Waals surface area contributed by atoms with Gasteiger partial charge in [-0.25, -0.2) is 0 Å². The van der Waals surface area contributed by atoms with E-state index in [0.717, 1.165) is 17.8 Å². The van der Waals surface area contributed by atoms with E-state index in [1.165, 1.54) is 0 Å². The van der Waals surface area contributed by atoms with Gasteiger partial charge in [-0.15, -0.1) is 0 Å².